The number of ketones is 1. The van der Waals surface area contributed by atoms with E-state index in [2.05, 4.69) is 39.1 Å². The van der Waals surface area contributed by atoms with Gasteiger partial charge in [0.2, 0.25) is 5.91 Å². The Bertz CT molecular complexity index is 1030. The summed E-state index contributed by atoms with van der Waals surface area (Å²) in [6.07, 6.45) is 19.7. The van der Waals surface area contributed by atoms with Gasteiger partial charge in [-0.25, -0.2) is 0 Å². The zero-order chi connectivity index (χ0) is 32.3. The summed E-state index contributed by atoms with van der Waals surface area (Å²) in [5.74, 6) is 4.40. The van der Waals surface area contributed by atoms with Crippen molar-refractivity contribution in [2.24, 2.45) is 40.4 Å². The maximum absolute atomic E-state index is 12.9. The van der Waals surface area contributed by atoms with Crippen LogP contribution < -0.4 is 5.32 Å². The van der Waals surface area contributed by atoms with E-state index in [1.807, 2.05) is 27.7 Å². The third kappa shape index (κ3) is 9.46. The fraction of sp³-hybridized carbons (Fsp3) is 0.900. The smallest absolute Gasteiger partial charge is 0.246 e. The molecule has 4 aliphatic carbocycles. The van der Waals surface area contributed by atoms with E-state index in [1.54, 1.807) is 12.5 Å². The first-order chi connectivity index (χ1) is 20.5. The molecular formula is C40H71NO4. The molecule has 0 aromatic heterocycles. The van der Waals surface area contributed by atoms with Gasteiger partial charge in [0.15, 0.2) is 0 Å². The third-order valence-electron chi connectivity index (χ3n) is 12.7. The summed E-state index contributed by atoms with van der Waals surface area (Å²) >= 11 is 0. The van der Waals surface area contributed by atoms with Gasteiger partial charge in [-0.2, -0.15) is 0 Å². The van der Waals surface area contributed by atoms with Gasteiger partial charge < -0.3 is 14.8 Å². The van der Waals surface area contributed by atoms with Gasteiger partial charge in [0, 0.05) is 18.6 Å². The number of allylic oxidation sites excluding steroid dienone is 1. The number of fused-ring (bicyclic) bond motifs is 5. The van der Waals surface area contributed by atoms with Crippen molar-refractivity contribution in [1.82, 2.24) is 5.32 Å². The number of hydrogen-bond donors (Lipinski definition) is 1. The number of Topliss-reactive ketones (excluding diaryl/α,β-unsaturated/α-hetero) is 1. The first kappa shape index (κ1) is 38.2. The van der Waals surface area contributed by atoms with Crippen LogP contribution in [0.5, 0.6) is 0 Å². The molecule has 0 aliphatic heterocycles. The molecule has 45 heavy (non-hydrogen) atoms. The maximum Gasteiger partial charge on any atom is 0.246 e. The van der Waals surface area contributed by atoms with Crippen LogP contribution in [0.1, 0.15) is 160 Å². The molecule has 3 saturated carbocycles. The van der Waals surface area contributed by atoms with Crippen molar-refractivity contribution in [3.05, 3.63) is 11.6 Å². The molecule has 0 aromatic carbocycles. The molecule has 3 fully saturated rings. The van der Waals surface area contributed by atoms with Crippen LogP contribution in [-0.4, -0.2) is 42.1 Å². The van der Waals surface area contributed by atoms with Gasteiger partial charge in [-0.1, -0.05) is 66.0 Å². The number of hydrogen-bond acceptors (Lipinski definition) is 4. The Labute approximate surface area is 277 Å². The summed E-state index contributed by atoms with van der Waals surface area (Å²) in [5, 5.41) is 3.15. The second-order valence-electron chi connectivity index (χ2n) is 17.6. The minimum Gasteiger partial charge on any atom is -0.375 e. The molecule has 0 spiro atoms. The van der Waals surface area contributed by atoms with Crippen LogP contribution in [0.15, 0.2) is 11.6 Å². The van der Waals surface area contributed by atoms with Gasteiger partial charge in [0.25, 0.3) is 0 Å². The molecule has 4 rings (SSSR count). The summed E-state index contributed by atoms with van der Waals surface area (Å²) in [5.41, 5.74) is 1.59. The monoisotopic (exact) mass is 630 g/mol. The Hall–Kier alpha value is -1.20. The van der Waals surface area contributed by atoms with Crippen molar-refractivity contribution in [3.63, 3.8) is 0 Å². The molecular weight excluding hydrogens is 558 g/mol. The van der Waals surface area contributed by atoms with Crippen LogP contribution >= 0.6 is 0 Å². The van der Waals surface area contributed by atoms with E-state index in [0.29, 0.717) is 30.3 Å². The van der Waals surface area contributed by atoms with Gasteiger partial charge in [-0.15, -0.1) is 0 Å². The van der Waals surface area contributed by atoms with Gasteiger partial charge in [-0.05, 0) is 139 Å². The zero-order valence-corrected chi connectivity index (χ0v) is 30.0. The Kier molecular flexibility index (Phi) is 13.0. The summed E-state index contributed by atoms with van der Waals surface area (Å²) in [6, 6.07) is 0. The van der Waals surface area contributed by atoms with E-state index in [1.165, 1.54) is 64.2 Å². The van der Waals surface area contributed by atoms with Crippen molar-refractivity contribution >= 4 is 11.7 Å². The largest absolute Gasteiger partial charge is 0.375 e. The molecule has 4 aliphatic rings. The van der Waals surface area contributed by atoms with E-state index in [4.69, 9.17) is 9.47 Å². The Morgan fingerprint density at radius 2 is 1.76 bits per heavy atom. The van der Waals surface area contributed by atoms with Gasteiger partial charge in [0.1, 0.15) is 12.4 Å². The van der Waals surface area contributed by atoms with E-state index in [-0.39, 0.29) is 31.8 Å². The number of unbranched alkanes of at least 4 members (excludes halogenated alkanes) is 1. The molecule has 0 aromatic rings. The second kappa shape index (κ2) is 15.3. The number of amides is 1. The molecule has 1 amide bonds. The van der Waals surface area contributed by atoms with Gasteiger partial charge >= 0.3 is 0 Å². The number of ether oxygens (including phenoxy) is 2. The summed E-state index contributed by atoms with van der Waals surface area (Å²) in [4.78, 5) is 24.4. The SMILES string of the molecule is C.CC(=O)CC(C)(C)OCCC(C)(C)NC(=O)COC1CCC2(C)C(=CCC3C2CCC2(C)C(CCCCC(C)C)CCC32)C1. The maximum atomic E-state index is 12.9. The van der Waals surface area contributed by atoms with Crippen LogP contribution in [0.2, 0.25) is 0 Å². The van der Waals surface area contributed by atoms with E-state index >= 15 is 0 Å². The van der Waals surface area contributed by atoms with Gasteiger partial charge in [0.05, 0.1) is 11.7 Å². The lowest BCUT2D eigenvalue weighted by Gasteiger charge is -2.58. The Morgan fingerprint density at radius 1 is 1.02 bits per heavy atom. The topological polar surface area (TPSA) is 64.6 Å². The molecule has 7 atom stereocenters. The summed E-state index contributed by atoms with van der Waals surface area (Å²) < 4.78 is 12.2. The fourth-order valence-electron chi connectivity index (χ4n) is 10.2. The van der Waals surface area contributed by atoms with E-state index in [0.717, 1.165) is 42.4 Å². The molecule has 1 N–H and O–H groups in total. The van der Waals surface area contributed by atoms with Crippen molar-refractivity contribution < 1.29 is 19.1 Å². The molecule has 5 nitrogen and oxygen atoms in total. The minimum atomic E-state index is -0.484. The molecule has 0 radical (unpaired) electrons. The summed E-state index contributed by atoms with van der Waals surface area (Å²) in [6.45, 7) is 20.1. The molecule has 0 bridgehead atoms. The average Bonchev–Trinajstić information content (AvgIpc) is 3.24. The highest BCUT2D eigenvalue weighted by atomic mass is 16.5. The molecule has 260 valence electrons. The van der Waals surface area contributed by atoms with Crippen LogP contribution in [0.25, 0.3) is 0 Å². The minimum absolute atomic E-state index is 0. The first-order valence-electron chi connectivity index (χ1n) is 18.3. The standard InChI is InChI=1S/C39H67NO4.CH4/c1-27(2)12-10-11-13-29-15-17-33-32-16-14-30-24-31(18-20-39(30,9)34(32)19-21-38(29,33)8)43-26-35(42)40-36(4,5)22-23-44-37(6,7)25-28(3)41;/h14,27,29,31-34H,10-13,15-26H2,1-9H3,(H,40,42);1H4. The normalized spacial score (nSPS) is 33.0. The quantitative estimate of drug-likeness (QED) is 0.145. The number of carbonyl (C=O) groups excluding carboxylic acids is 2. The predicted octanol–water partition coefficient (Wildman–Crippen LogP) is 9.86. The number of rotatable bonds is 15. The fourth-order valence-corrected chi connectivity index (χ4v) is 10.2. The van der Waals surface area contributed by atoms with Crippen LogP contribution in [-0.2, 0) is 19.1 Å². The second-order valence-corrected chi connectivity index (χ2v) is 17.6. The molecule has 0 saturated heterocycles. The van der Waals surface area contributed by atoms with Crippen LogP contribution in [0, 0.1) is 40.4 Å². The van der Waals surface area contributed by atoms with Crippen molar-refractivity contribution in [2.75, 3.05) is 13.2 Å². The van der Waals surface area contributed by atoms with Crippen molar-refractivity contribution in [3.8, 4) is 0 Å². The van der Waals surface area contributed by atoms with Crippen molar-refractivity contribution in [1.29, 1.82) is 0 Å². The van der Waals surface area contributed by atoms with Gasteiger partial charge in [-0.3, -0.25) is 9.59 Å². The molecule has 5 heteroatoms. The highest BCUT2D eigenvalue weighted by Crippen LogP contribution is 2.66. The zero-order valence-electron chi connectivity index (χ0n) is 30.0. The molecule has 0 heterocycles. The average molecular weight is 630 g/mol. The third-order valence-corrected chi connectivity index (χ3v) is 12.7. The lowest BCUT2D eigenvalue weighted by Crippen LogP contribution is -2.50. The predicted molar refractivity (Wildman–Crippen MR) is 187 cm³/mol. The number of carbonyl (C=O) groups is 2. The lowest BCUT2D eigenvalue weighted by atomic mass is 9.47. The highest BCUT2D eigenvalue weighted by molar-refractivity contribution is 5.78. The van der Waals surface area contributed by atoms with Crippen molar-refractivity contribution in [2.45, 2.75) is 177 Å². The first-order valence-corrected chi connectivity index (χ1v) is 18.3. The lowest BCUT2D eigenvalue weighted by molar-refractivity contribution is -0.131. The van der Waals surface area contributed by atoms with E-state index < -0.39 is 11.1 Å². The Balaban J connectivity index is 0.00000552. The van der Waals surface area contributed by atoms with Crippen LogP contribution in [0.3, 0.4) is 0 Å². The Morgan fingerprint density at radius 3 is 2.44 bits per heavy atom. The van der Waals surface area contributed by atoms with E-state index in [9.17, 15) is 9.59 Å². The van der Waals surface area contributed by atoms with Crippen LogP contribution in [0.4, 0.5) is 0 Å². The highest BCUT2D eigenvalue weighted by Gasteiger charge is 2.58. The number of nitrogens with one attached hydrogen (secondary N) is 1. The summed E-state index contributed by atoms with van der Waals surface area (Å²) in [7, 11) is 0. The molecule has 7 unspecified atom stereocenters.